The zero-order valence-electron chi connectivity index (χ0n) is 10.1. The summed E-state index contributed by atoms with van der Waals surface area (Å²) in [5.41, 5.74) is 2.79. The van der Waals surface area contributed by atoms with E-state index in [2.05, 4.69) is 17.0 Å². The Hall–Kier alpha value is -1.75. The molecule has 0 atom stereocenters. The number of hydrogen-bond donors (Lipinski definition) is 0. The summed E-state index contributed by atoms with van der Waals surface area (Å²) < 4.78 is 14.8. The quantitative estimate of drug-likeness (QED) is 0.707. The second-order valence-electron chi connectivity index (χ2n) is 4.10. The van der Waals surface area contributed by atoms with Gasteiger partial charge in [0.15, 0.2) is 0 Å². The summed E-state index contributed by atoms with van der Waals surface area (Å²) in [6.07, 6.45) is 0.916. The maximum Gasteiger partial charge on any atom is 0.212 e. The molecule has 0 spiro atoms. The van der Waals surface area contributed by atoms with Crippen molar-refractivity contribution in [1.82, 2.24) is 14.6 Å². The van der Waals surface area contributed by atoms with Crippen molar-refractivity contribution in [1.29, 1.82) is 0 Å². The van der Waals surface area contributed by atoms with Crippen molar-refractivity contribution >= 4 is 16.3 Å². The van der Waals surface area contributed by atoms with Crippen molar-refractivity contribution in [3.8, 4) is 11.3 Å². The predicted molar refractivity (Wildman–Crippen MR) is 70.4 cm³/mol. The summed E-state index contributed by atoms with van der Waals surface area (Å²) >= 11 is 1.60. The van der Waals surface area contributed by atoms with E-state index in [4.69, 9.17) is 0 Å². The number of rotatable bonds is 2. The van der Waals surface area contributed by atoms with Gasteiger partial charge in [-0.1, -0.05) is 18.3 Å². The fraction of sp³-hybridized carbons (Fsp3) is 0.231. The van der Waals surface area contributed by atoms with Crippen LogP contribution in [0.15, 0.2) is 24.3 Å². The highest BCUT2D eigenvalue weighted by Crippen LogP contribution is 2.26. The third-order valence-corrected chi connectivity index (χ3v) is 3.94. The van der Waals surface area contributed by atoms with Gasteiger partial charge >= 0.3 is 0 Å². The van der Waals surface area contributed by atoms with E-state index in [0.717, 1.165) is 33.3 Å². The number of aromatic nitrogens is 3. The zero-order valence-corrected chi connectivity index (χ0v) is 11.0. The maximum absolute atomic E-state index is 12.9. The first-order valence-corrected chi connectivity index (χ1v) is 6.61. The average molecular weight is 261 g/mol. The largest absolute Gasteiger partial charge is 0.217 e. The lowest BCUT2D eigenvalue weighted by atomic mass is 10.1. The molecule has 5 heteroatoms. The summed E-state index contributed by atoms with van der Waals surface area (Å²) in [5.74, 6) is -0.233. The van der Waals surface area contributed by atoms with Crippen LogP contribution in [-0.4, -0.2) is 14.6 Å². The molecule has 2 heterocycles. The van der Waals surface area contributed by atoms with Gasteiger partial charge in [0, 0.05) is 5.56 Å². The van der Waals surface area contributed by atoms with E-state index in [1.807, 2.05) is 11.4 Å². The zero-order chi connectivity index (χ0) is 12.7. The number of nitrogens with zero attached hydrogens (tertiary/aromatic N) is 3. The molecule has 0 unspecified atom stereocenters. The molecule has 2 aromatic heterocycles. The second kappa shape index (κ2) is 4.17. The van der Waals surface area contributed by atoms with Gasteiger partial charge in [-0.2, -0.15) is 5.10 Å². The Kier molecular flexibility index (Phi) is 2.63. The molecule has 0 aliphatic heterocycles. The normalized spacial score (nSPS) is 11.3. The van der Waals surface area contributed by atoms with Crippen molar-refractivity contribution in [2.45, 2.75) is 20.3 Å². The molecular formula is C13H12FN3S. The van der Waals surface area contributed by atoms with Gasteiger partial charge in [0.05, 0.1) is 11.4 Å². The molecule has 92 valence electrons. The molecule has 3 nitrogen and oxygen atoms in total. The number of hydrogen-bond acceptors (Lipinski definition) is 3. The molecule has 0 bridgehead atoms. The minimum absolute atomic E-state index is 0.233. The fourth-order valence-electron chi connectivity index (χ4n) is 1.91. The monoisotopic (exact) mass is 261 g/mol. The van der Waals surface area contributed by atoms with E-state index in [-0.39, 0.29) is 5.82 Å². The summed E-state index contributed by atoms with van der Waals surface area (Å²) in [4.78, 5) is 5.47. The molecule has 3 rings (SSSR count). The van der Waals surface area contributed by atoms with Crippen LogP contribution in [0.4, 0.5) is 4.39 Å². The van der Waals surface area contributed by atoms with Gasteiger partial charge in [-0.15, -0.1) is 0 Å². The molecule has 1 aromatic carbocycles. The lowest BCUT2D eigenvalue weighted by Gasteiger charge is -1.98. The summed E-state index contributed by atoms with van der Waals surface area (Å²) in [6.45, 7) is 4.06. The van der Waals surface area contributed by atoms with E-state index in [0.29, 0.717) is 0 Å². The van der Waals surface area contributed by atoms with Crippen molar-refractivity contribution in [3.63, 3.8) is 0 Å². The van der Waals surface area contributed by atoms with Crippen molar-refractivity contribution in [2.75, 3.05) is 0 Å². The van der Waals surface area contributed by atoms with E-state index >= 15 is 0 Å². The van der Waals surface area contributed by atoms with Crippen LogP contribution in [0.3, 0.4) is 0 Å². The van der Waals surface area contributed by atoms with Crippen LogP contribution in [0.25, 0.3) is 16.2 Å². The Morgan fingerprint density at radius 1 is 1.28 bits per heavy atom. The Morgan fingerprint density at radius 3 is 2.61 bits per heavy atom. The predicted octanol–water partition coefficient (Wildman–Crippen LogP) is 3.47. The van der Waals surface area contributed by atoms with E-state index in [9.17, 15) is 4.39 Å². The lowest BCUT2D eigenvalue weighted by molar-refractivity contribution is 0.628. The number of fused-ring (bicyclic) bond motifs is 1. The molecule has 0 aliphatic carbocycles. The van der Waals surface area contributed by atoms with Crippen LogP contribution in [0, 0.1) is 12.7 Å². The van der Waals surface area contributed by atoms with Crippen LogP contribution < -0.4 is 0 Å². The SMILES string of the molecule is CCc1nn2c(C)c(-c3ccc(F)cc3)nc2s1. The highest BCUT2D eigenvalue weighted by Gasteiger charge is 2.14. The Balaban J connectivity index is 2.15. The topological polar surface area (TPSA) is 30.2 Å². The smallest absolute Gasteiger partial charge is 0.212 e. The number of halogens is 1. The summed E-state index contributed by atoms with van der Waals surface area (Å²) in [6, 6.07) is 6.39. The van der Waals surface area contributed by atoms with E-state index < -0.39 is 0 Å². The van der Waals surface area contributed by atoms with Gasteiger partial charge in [0.25, 0.3) is 0 Å². The molecule has 0 N–H and O–H groups in total. The Morgan fingerprint density at radius 2 is 2.00 bits per heavy atom. The van der Waals surface area contributed by atoms with Gasteiger partial charge in [0.1, 0.15) is 10.8 Å². The van der Waals surface area contributed by atoms with Gasteiger partial charge in [-0.05, 0) is 37.6 Å². The van der Waals surface area contributed by atoms with Gasteiger partial charge in [-0.3, -0.25) is 0 Å². The van der Waals surface area contributed by atoms with Crippen LogP contribution in [0.5, 0.6) is 0 Å². The molecule has 0 amide bonds. The first-order valence-electron chi connectivity index (χ1n) is 5.80. The molecular weight excluding hydrogens is 249 g/mol. The average Bonchev–Trinajstić information content (AvgIpc) is 2.90. The van der Waals surface area contributed by atoms with Crippen LogP contribution in [0.2, 0.25) is 0 Å². The fourth-order valence-corrected chi connectivity index (χ4v) is 2.79. The van der Waals surface area contributed by atoms with Gasteiger partial charge < -0.3 is 0 Å². The van der Waals surface area contributed by atoms with E-state index in [1.165, 1.54) is 12.1 Å². The standard InChI is InChI=1S/C13H12FN3S/c1-3-11-16-17-8(2)12(15-13(17)18-11)9-4-6-10(14)7-5-9/h4-7H,3H2,1-2H3. The van der Waals surface area contributed by atoms with Crippen molar-refractivity contribution in [2.24, 2.45) is 0 Å². The third kappa shape index (κ3) is 1.71. The Labute approximate surface area is 108 Å². The van der Waals surface area contributed by atoms with Crippen molar-refractivity contribution in [3.05, 3.63) is 40.8 Å². The van der Waals surface area contributed by atoms with Gasteiger partial charge in [0.2, 0.25) is 4.96 Å². The van der Waals surface area contributed by atoms with Crippen LogP contribution in [0.1, 0.15) is 17.6 Å². The van der Waals surface area contributed by atoms with Crippen LogP contribution in [-0.2, 0) is 6.42 Å². The minimum atomic E-state index is -0.233. The van der Waals surface area contributed by atoms with E-state index in [1.54, 1.807) is 23.5 Å². The van der Waals surface area contributed by atoms with Crippen molar-refractivity contribution < 1.29 is 4.39 Å². The number of aryl methyl sites for hydroxylation is 2. The Bertz CT molecular complexity index is 697. The third-order valence-electron chi connectivity index (χ3n) is 2.89. The highest BCUT2D eigenvalue weighted by atomic mass is 32.1. The molecule has 0 saturated carbocycles. The lowest BCUT2D eigenvalue weighted by Crippen LogP contribution is -1.90. The molecule has 3 aromatic rings. The van der Waals surface area contributed by atoms with Gasteiger partial charge in [-0.25, -0.2) is 13.9 Å². The first kappa shape index (κ1) is 11.3. The highest BCUT2D eigenvalue weighted by molar-refractivity contribution is 7.16. The molecule has 0 radical (unpaired) electrons. The number of benzene rings is 1. The molecule has 0 fully saturated rings. The maximum atomic E-state index is 12.9. The van der Waals surface area contributed by atoms with Crippen LogP contribution >= 0.6 is 11.3 Å². The molecule has 0 aliphatic rings. The molecule has 0 saturated heterocycles. The summed E-state index contributed by atoms with van der Waals surface area (Å²) in [7, 11) is 0. The molecule has 18 heavy (non-hydrogen) atoms. The number of imidazole rings is 1. The first-order chi connectivity index (χ1) is 8.69. The minimum Gasteiger partial charge on any atom is -0.217 e. The summed E-state index contributed by atoms with van der Waals surface area (Å²) in [5, 5.41) is 5.57. The second-order valence-corrected chi connectivity index (χ2v) is 5.14.